The van der Waals surface area contributed by atoms with Crippen molar-refractivity contribution >= 4 is 0 Å². The molecule has 0 saturated carbocycles. The van der Waals surface area contributed by atoms with Crippen LogP contribution in [0.3, 0.4) is 0 Å². The first-order chi connectivity index (χ1) is 8.19. The number of nitrogens with two attached hydrogens (primary N) is 1. The molecule has 2 N–H and O–H groups in total. The molecular weight excluding hydrogens is 210 g/mol. The summed E-state index contributed by atoms with van der Waals surface area (Å²) in [7, 11) is 1.74. The van der Waals surface area contributed by atoms with E-state index in [0.717, 1.165) is 12.8 Å². The molecular formula is C15H23NO. The molecule has 1 aromatic rings. The molecule has 1 aliphatic rings. The second-order valence-electron chi connectivity index (χ2n) is 5.20. The van der Waals surface area contributed by atoms with Crippen LogP contribution in [0.4, 0.5) is 0 Å². The zero-order valence-corrected chi connectivity index (χ0v) is 10.9. The highest BCUT2D eigenvalue weighted by molar-refractivity contribution is 5.35. The summed E-state index contributed by atoms with van der Waals surface area (Å²) < 4.78 is 5.25. The summed E-state index contributed by atoms with van der Waals surface area (Å²) in [6.07, 6.45) is 5.94. The number of aryl methyl sites for hydroxylation is 2. The normalized spacial score (nSPS) is 17.8. The average molecular weight is 233 g/mol. The topological polar surface area (TPSA) is 35.2 Å². The van der Waals surface area contributed by atoms with E-state index in [9.17, 15) is 0 Å². The van der Waals surface area contributed by atoms with Crippen molar-refractivity contribution in [2.24, 2.45) is 5.73 Å². The molecule has 1 aromatic carbocycles. The van der Waals surface area contributed by atoms with Crippen molar-refractivity contribution in [1.29, 1.82) is 0 Å². The van der Waals surface area contributed by atoms with Gasteiger partial charge in [0, 0.05) is 13.2 Å². The quantitative estimate of drug-likeness (QED) is 0.848. The van der Waals surface area contributed by atoms with Gasteiger partial charge in [-0.3, -0.25) is 0 Å². The molecule has 2 heteroatoms. The Morgan fingerprint density at radius 3 is 2.82 bits per heavy atom. The van der Waals surface area contributed by atoms with Crippen LogP contribution < -0.4 is 5.73 Å². The fourth-order valence-electron chi connectivity index (χ4n) is 2.66. The highest BCUT2D eigenvalue weighted by Gasteiger charge is 2.13. The van der Waals surface area contributed by atoms with E-state index >= 15 is 0 Å². The number of methoxy groups -OCH3 is 1. The lowest BCUT2D eigenvalue weighted by Gasteiger charge is -2.16. The van der Waals surface area contributed by atoms with E-state index in [0.29, 0.717) is 0 Å². The molecule has 17 heavy (non-hydrogen) atoms. The second-order valence-corrected chi connectivity index (χ2v) is 5.20. The molecule has 0 fully saturated rings. The van der Waals surface area contributed by atoms with Crippen molar-refractivity contribution in [3.63, 3.8) is 0 Å². The van der Waals surface area contributed by atoms with Crippen LogP contribution in [0.2, 0.25) is 0 Å². The van der Waals surface area contributed by atoms with Crippen LogP contribution in [0.5, 0.6) is 0 Å². The van der Waals surface area contributed by atoms with Crippen molar-refractivity contribution in [3.8, 4) is 0 Å². The van der Waals surface area contributed by atoms with Crippen molar-refractivity contribution in [2.75, 3.05) is 7.11 Å². The smallest absolute Gasteiger partial charge is 0.0558 e. The minimum Gasteiger partial charge on any atom is -0.382 e. The highest BCUT2D eigenvalue weighted by atomic mass is 16.5. The molecule has 0 amide bonds. The van der Waals surface area contributed by atoms with Gasteiger partial charge in [-0.25, -0.2) is 0 Å². The summed E-state index contributed by atoms with van der Waals surface area (Å²) in [5.41, 5.74) is 10.6. The van der Waals surface area contributed by atoms with Gasteiger partial charge in [-0.1, -0.05) is 18.2 Å². The summed E-state index contributed by atoms with van der Waals surface area (Å²) in [6, 6.07) is 7.06. The fourth-order valence-corrected chi connectivity index (χ4v) is 2.66. The van der Waals surface area contributed by atoms with Crippen LogP contribution in [0.25, 0.3) is 0 Å². The van der Waals surface area contributed by atoms with E-state index in [2.05, 4.69) is 25.1 Å². The number of ether oxygens (including phenoxy) is 1. The maximum atomic E-state index is 6.15. The molecule has 0 bridgehead atoms. The van der Waals surface area contributed by atoms with Crippen LogP contribution in [0.15, 0.2) is 18.2 Å². The number of hydrogen-bond donors (Lipinski definition) is 1. The molecule has 94 valence electrons. The maximum Gasteiger partial charge on any atom is 0.0558 e. The Balaban J connectivity index is 1.94. The Morgan fingerprint density at radius 2 is 2.06 bits per heavy atom. The molecule has 0 heterocycles. The Labute approximate surface area is 104 Å². The largest absolute Gasteiger partial charge is 0.382 e. The summed E-state index contributed by atoms with van der Waals surface area (Å²) >= 11 is 0. The lowest BCUT2D eigenvalue weighted by Crippen LogP contribution is -2.28. The Morgan fingerprint density at radius 1 is 1.29 bits per heavy atom. The van der Waals surface area contributed by atoms with Crippen molar-refractivity contribution < 1.29 is 4.74 Å². The van der Waals surface area contributed by atoms with Crippen LogP contribution in [-0.2, 0) is 24.0 Å². The first kappa shape index (κ1) is 12.6. The minimum absolute atomic E-state index is 0.199. The van der Waals surface area contributed by atoms with Crippen LogP contribution >= 0.6 is 0 Å². The van der Waals surface area contributed by atoms with Crippen LogP contribution in [-0.4, -0.2) is 19.3 Å². The molecule has 0 radical (unpaired) electrons. The predicted molar refractivity (Wildman–Crippen MR) is 71.2 cm³/mol. The monoisotopic (exact) mass is 233 g/mol. The minimum atomic E-state index is 0.199. The van der Waals surface area contributed by atoms with Gasteiger partial charge in [0.05, 0.1) is 6.10 Å². The lowest BCUT2D eigenvalue weighted by atomic mass is 9.98. The number of hydrogen-bond acceptors (Lipinski definition) is 2. The summed E-state index contributed by atoms with van der Waals surface area (Å²) in [5, 5.41) is 0. The molecule has 1 aliphatic carbocycles. The lowest BCUT2D eigenvalue weighted by molar-refractivity contribution is 0.104. The predicted octanol–water partition coefficient (Wildman–Crippen LogP) is 2.47. The third-order valence-corrected chi connectivity index (χ3v) is 3.70. The van der Waals surface area contributed by atoms with E-state index in [1.165, 1.54) is 36.0 Å². The molecule has 0 saturated heterocycles. The van der Waals surface area contributed by atoms with E-state index < -0.39 is 0 Å². The third kappa shape index (κ3) is 3.30. The number of rotatable bonds is 5. The molecule has 2 nitrogen and oxygen atoms in total. The number of fused-ring (bicyclic) bond motifs is 1. The van der Waals surface area contributed by atoms with Crippen molar-refractivity contribution in [3.05, 3.63) is 34.9 Å². The van der Waals surface area contributed by atoms with Crippen LogP contribution in [0.1, 0.15) is 36.5 Å². The van der Waals surface area contributed by atoms with Gasteiger partial charge in [0.2, 0.25) is 0 Å². The van der Waals surface area contributed by atoms with Crippen molar-refractivity contribution in [2.45, 2.75) is 51.2 Å². The third-order valence-electron chi connectivity index (χ3n) is 3.70. The summed E-state index contributed by atoms with van der Waals surface area (Å²) in [5.74, 6) is 0. The van der Waals surface area contributed by atoms with Gasteiger partial charge in [0.15, 0.2) is 0 Å². The molecule has 0 aliphatic heterocycles. The van der Waals surface area contributed by atoms with Gasteiger partial charge in [-0.15, -0.1) is 0 Å². The first-order valence-electron chi connectivity index (χ1n) is 6.58. The zero-order valence-electron chi connectivity index (χ0n) is 10.9. The van der Waals surface area contributed by atoms with Gasteiger partial charge in [0.1, 0.15) is 0 Å². The summed E-state index contributed by atoms with van der Waals surface area (Å²) in [4.78, 5) is 0. The van der Waals surface area contributed by atoms with Gasteiger partial charge in [0.25, 0.3) is 0 Å². The van der Waals surface area contributed by atoms with Crippen LogP contribution in [0, 0.1) is 0 Å². The van der Waals surface area contributed by atoms with E-state index in [4.69, 9.17) is 10.5 Å². The highest BCUT2D eigenvalue weighted by Crippen LogP contribution is 2.23. The Kier molecular flexibility index (Phi) is 4.19. The van der Waals surface area contributed by atoms with Crippen molar-refractivity contribution in [1.82, 2.24) is 0 Å². The van der Waals surface area contributed by atoms with Gasteiger partial charge >= 0.3 is 0 Å². The van der Waals surface area contributed by atoms with E-state index in [1.54, 1.807) is 7.11 Å². The molecule has 2 rings (SSSR count). The first-order valence-corrected chi connectivity index (χ1v) is 6.58. The van der Waals surface area contributed by atoms with Gasteiger partial charge in [-0.2, -0.15) is 0 Å². The van der Waals surface area contributed by atoms with Gasteiger partial charge in [-0.05, 0) is 55.7 Å². The number of benzene rings is 1. The SMILES string of the molecule is COC(C)CC(N)Cc1ccc2c(c1)CCC2. The second kappa shape index (κ2) is 5.65. The average Bonchev–Trinajstić information content (AvgIpc) is 2.75. The maximum absolute atomic E-state index is 6.15. The summed E-state index contributed by atoms with van der Waals surface area (Å²) in [6.45, 7) is 2.07. The van der Waals surface area contributed by atoms with E-state index in [-0.39, 0.29) is 12.1 Å². The fraction of sp³-hybridized carbons (Fsp3) is 0.600. The standard InChI is InChI=1S/C15H23NO/c1-11(17-2)8-15(16)10-12-6-7-13-4-3-5-14(13)9-12/h6-7,9,11,15H,3-5,8,10,16H2,1-2H3. The van der Waals surface area contributed by atoms with Gasteiger partial charge < -0.3 is 10.5 Å². The zero-order chi connectivity index (χ0) is 12.3. The van der Waals surface area contributed by atoms with E-state index in [1.807, 2.05) is 0 Å². The molecule has 0 aromatic heterocycles. The Hall–Kier alpha value is -0.860. The molecule has 2 unspecified atom stereocenters. The molecule has 2 atom stereocenters. The Bertz CT molecular complexity index is 375. The molecule has 0 spiro atoms.